The summed E-state index contributed by atoms with van der Waals surface area (Å²) in [5.41, 5.74) is 0. The number of ketones is 1. The Kier molecular flexibility index (Phi) is 45.8. The van der Waals surface area contributed by atoms with Crippen molar-refractivity contribution in [2.45, 2.75) is 252 Å². The van der Waals surface area contributed by atoms with Crippen molar-refractivity contribution in [3.8, 4) is 0 Å². The van der Waals surface area contributed by atoms with E-state index in [1.54, 1.807) is 6.08 Å². The summed E-state index contributed by atoms with van der Waals surface area (Å²) in [4.78, 5) is 14.7. The van der Waals surface area contributed by atoms with Gasteiger partial charge in [-0.05, 0) is 58.7 Å². The molecule has 0 aliphatic carbocycles. The Balaban J connectivity index is 0. The highest BCUT2D eigenvalue weighted by Crippen LogP contribution is 2.25. The van der Waals surface area contributed by atoms with Crippen LogP contribution in [0.3, 0.4) is 0 Å². The number of allylic oxidation sites excluding steroid dienone is 1. The van der Waals surface area contributed by atoms with Gasteiger partial charge in [-0.25, -0.2) is 0 Å². The van der Waals surface area contributed by atoms with Crippen molar-refractivity contribution in [2.75, 3.05) is 20.1 Å². The Morgan fingerprint density at radius 3 is 1.02 bits per heavy atom. The first-order valence-corrected chi connectivity index (χ1v) is 22.3. The van der Waals surface area contributed by atoms with Gasteiger partial charge in [0.05, 0.1) is 0 Å². The van der Waals surface area contributed by atoms with Gasteiger partial charge in [-0.1, -0.05) is 213 Å². The molecule has 288 valence electrons. The zero-order valence-corrected chi connectivity index (χ0v) is 34.4. The fourth-order valence-electron chi connectivity index (χ4n) is 7.13. The number of nitrogens with zero attached hydrogens (tertiary/aromatic N) is 1. The molecule has 2 nitrogen and oxygen atoms in total. The Hall–Kier alpha value is -0.630. The lowest BCUT2D eigenvalue weighted by Crippen LogP contribution is -2.20. The van der Waals surface area contributed by atoms with Crippen molar-refractivity contribution in [2.24, 2.45) is 5.92 Å². The summed E-state index contributed by atoms with van der Waals surface area (Å²) in [5, 5.41) is 0. The van der Waals surface area contributed by atoms with E-state index in [9.17, 15) is 4.79 Å². The fraction of sp³-hybridized carbons (Fsp3) is 0.935. The van der Waals surface area contributed by atoms with Crippen molar-refractivity contribution in [1.29, 1.82) is 0 Å². The van der Waals surface area contributed by atoms with Crippen molar-refractivity contribution in [3.05, 3.63) is 12.7 Å². The number of rotatable bonds is 39. The smallest absolute Gasteiger partial charge is 0.132 e. The van der Waals surface area contributed by atoms with E-state index < -0.39 is 0 Å². The monoisotopic (exact) mass is 676 g/mol. The maximum absolute atomic E-state index is 12.2. The van der Waals surface area contributed by atoms with Crippen LogP contribution in [0.25, 0.3) is 0 Å². The van der Waals surface area contributed by atoms with Crippen LogP contribution in [0.4, 0.5) is 0 Å². The average Bonchev–Trinajstić information content (AvgIpc) is 3.08. The van der Waals surface area contributed by atoms with E-state index >= 15 is 0 Å². The van der Waals surface area contributed by atoms with Crippen molar-refractivity contribution < 1.29 is 4.79 Å². The zero-order valence-electron chi connectivity index (χ0n) is 34.4. The molecule has 0 rings (SSSR count). The van der Waals surface area contributed by atoms with Crippen LogP contribution >= 0.6 is 0 Å². The highest BCUT2D eigenvalue weighted by molar-refractivity contribution is 5.78. The fourth-order valence-corrected chi connectivity index (χ4v) is 7.13. The summed E-state index contributed by atoms with van der Waals surface area (Å²) in [6, 6.07) is 0. The van der Waals surface area contributed by atoms with Crippen LogP contribution in [-0.2, 0) is 4.79 Å². The largest absolute Gasteiger partial charge is 0.306 e. The lowest BCUT2D eigenvalue weighted by Gasteiger charge is -2.18. The maximum atomic E-state index is 12.2. The quantitative estimate of drug-likeness (QED) is 0.0477. The first kappa shape index (κ1) is 49.5. The predicted octanol–water partition coefficient (Wildman–Crippen LogP) is 16.0. The average molecular weight is 676 g/mol. The Morgan fingerprint density at radius 1 is 0.458 bits per heavy atom. The van der Waals surface area contributed by atoms with E-state index in [2.05, 4.69) is 39.3 Å². The summed E-state index contributed by atoms with van der Waals surface area (Å²) in [7, 11) is 2.32. The second-order valence-electron chi connectivity index (χ2n) is 15.5. The molecule has 0 aromatic carbocycles. The third-order valence-corrected chi connectivity index (χ3v) is 10.4. The third-order valence-electron chi connectivity index (χ3n) is 10.4. The van der Waals surface area contributed by atoms with Crippen LogP contribution in [0.15, 0.2) is 12.7 Å². The highest BCUT2D eigenvalue weighted by Gasteiger charge is 2.09. The number of unbranched alkanes of at least 4 members (excludes halogenated alkanes) is 25. The maximum Gasteiger partial charge on any atom is 0.132 e. The molecule has 0 N–H and O–H groups in total. The Morgan fingerprint density at radius 2 is 0.708 bits per heavy atom. The summed E-state index contributed by atoms with van der Waals surface area (Å²) >= 11 is 0. The van der Waals surface area contributed by atoms with Crippen molar-refractivity contribution in [1.82, 2.24) is 4.90 Å². The van der Waals surface area contributed by atoms with Crippen LogP contribution < -0.4 is 0 Å². The molecule has 0 spiro atoms. The summed E-state index contributed by atoms with van der Waals surface area (Å²) < 4.78 is 0. The second-order valence-corrected chi connectivity index (χ2v) is 15.5. The van der Waals surface area contributed by atoms with Gasteiger partial charge in [0.2, 0.25) is 0 Å². The summed E-state index contributed by atoms with van der Waals surface area (Å²) in [5.74, 6) is 1.52. The standard InChI is InChI=1S/C43H87NO.C3H6/c1-5-8-11-14-17-18-24-31-38-43(45)39-32-25-20-27-34-41-44(4)40-33-26-19-23-30-37-42(35-28-21-15-12-9-6-2)36-29-22-16-13-10-7-3;1-3-2/h42H,5-41H2,1-4H3;3H,1H2,2H3. The van der Waals surface area contributed by atoms with Gasteiger partial charge in [-0.2, -0.15) is 0 Å². The van der Waals surface area contributed by atoms with Gasteiger partial charge in [0, 0.05) is 12.8 Å². The van der Waals surface area contributed by atoms with E-state index in [-0.39, 0.29) is 0 Å². The minimum atomic E-state index is 0.516. The van der Waals surface area contributed by atoms with Crippen LogP contribution in [0.2, 0.25) is 0 Å². The minimum absolute atomic E-state index is 0.516. The van der Waals surface area contributed by atoms with Gasteiger partial charge in [-0.15, -0.1) is 6.58 Å². The second kappa shape index (κ2) is 44.4. The number of hydrogen-bond donors (Lipinski definition) is 0. The number of carbonyl (C=O) groups is 1. The topological polar surface area (TPSA) is 20.3 Å². The summed E-state index contributed by atoms with van der Waals surface area (Å²) in [6.07, 6.45) is 49.3. The highest BCUT2D eigenvalue weighted by atomic mass is 16.1. The molecule has 48 heavy (non-hydrogen) atoms. The molecule has 0 aliphatic heterocycles. The number of Topliss-reactive ketones (excluding diaryl/α,β-unsaturated/α-hetero) is 1. The van der Waals surface area contributed by atoms with Crippen LogP contribution in [0.1, 0.15) is 252 Å². The first-order valence-electron chi connectivity index (χ1n) is 22.3. The Bertz CT molecular complexity index is 585. The molecule has 0 aliphatic rings. The van der Waals surface area contributed by atoms with Crippen molar-refractivity contribution in [3.63, 3.8) is 0 Å². The van der Waals surface area contributed by atoms with E-state index in [0.717, 1.165) is 31.6 Å². The first-order chi connectivity index (χ1) is 23.5. The molecule has 0 saturated heterocycles. The predicted molar refractivity (Wildman–Crippen MR) is 220 cm³/mol. The van der Waals surface area contributed by atoms with E-state index in [4.69, 9.17) is 0 Å². The van der Waals surface area contributed by atoms with Crippen LogP contribution in [0, 0.1) is 5.92 Å². The molecule has 0 saturated carbocycles. The molecule has 0 atom stereocenters. The van der Waals surface area contributed by atoms with Gasteiger partial charge < -0.3 is 4.90 Å². The molecule has 0 unspecified atom stereocenters. The zero-order chi connectivity index (χ0) is 35.6. The molecule has 0 aromatic rings. The van der Waals surface area contributed by atoms with Gasteiger partial charge in [-0.3, -0.25) is 4.79 Å². The van der Waals surface area contributed by atoms with E-state index in [0.29, 0.717) is 5.78 Å². The van der Waals surface area contributed by atoms with Gasteiger partial charge in [0.25, 0.3) is 0 Å². The molecule has 0 aromatic heterocycles. The minimum Gasteiger partial charge on any atom is -0.306 e. The molecule has 2 heteroatoms. The molecular weight excluding hydrogens is 583 g/mol. The third kappa shape index (κ3) is 43.4. The summed E-state index contributed by atoms with van der Waals surface area (Å²) in [6.45, 7) is 14.7. The van der Waals surface area contributed by atoms with Crippen LogP contribution in [-0.4, -0.2) is 30.8 Å². The van der Waals surface area contributed by atoms with Gasteiger partial charge in [0.1, 0.15) is 5.78 Å². The molecule has 0 radical (unpaired) electrons. The van der Waals surface area contributed by atoms with Crippen LogP contribution in [0.5, 0.6) is 0 Å². The van der Waals surface area contributed by atoms with Crippen molar-refractivity contribution >= 4 is 5.78 Å². The lowest BCUT2D eigenvalue weighted by molar-refractivity contribution is -0.119. The molecular formula is C46H93NO. The van der Waals surface area contributed by atoms with E-state index in [1.807, 2.05) is 6.92 Å². The number of hydrogen-bond acceptors (Lipinski definition) is 2. The Labute approximate surface area is 305 Å². The molecule has 0 heterocycles. The lowest BCUT2D eigenvalue weighted by atomic mass is 9.89. The van der Waals surface area contributed by atoms with E-state index in [1.165, 1.54) is 212 Å². The van der Waals surface area contributed by atoms with Gasteiger partial charge >= 0.3 is 0 Å². The van der Waals surface area contributed by atoms with Gasteiger partial charge in [0.15, 0.2) is 0 Å². The SMILES string of the molecule is C=CC.CCCCCCCCCCC(=O)CCCCCCCN(C)CCCCCCCC(CCCCCCCC)CCCCCCCC. The molecule has 0 bridgehead atoms. The molecule has 0 fully saturated rings. The molecule has 0 amide bonds. The normalized spacial score (nSPS) is 11.3. The number of carbonyl (C=O) groups excluding carboxylic acids is 1.